The van der Waals surface area contributed by atoms with Crippen molar-refractivity contribution in [3.05, 3.63) is 101 Å². The Kier molecular flexibility index (Phi) is 7.40. The van der Waals surface area contributed by atoms with Crippen molar-refractivity contribution in [1.82, 2.24) is 9.97 Å². The Hall–Kier alpha value is -5.55. The number of nitrogens with zero attached hydrogens (tertiary/aromatic N) is 4. The van der Waals surface area contributed by atoms with Crippen LogP contribution in [0.1, 0.15) is 16.8 Å². The number of anilines is 2. The summed E-state index contributed by atoms with van der Waals surface area (Å²) in [6.07, 6.45) is 2.47. The number of carbonyl (C=O) groups excluding carboxylic acids is 1. The third-order valence-electron chi connectivity index (χ3n) is 5.17. The van der Waals surface area contributed by atoms with Crippen molar-refractivity contribution < 1.29 is 23.0 Å². The Morgan fingerprint density at radius 2 is 1.42 bits per heavy atom. The van der Waals surface area contributed by atoms with Gasteiger partial charge in [-0.2, -0.15) is 5.26 Å². The number of ether oxygens (including phenoxy) is 2. The minimum absolute atomic E-state index is 0.0946. The SMILES string of the molecule is [C-]#[N+]c1ncc(Oc2cc(NC(=O)Nc3ccc(C)c(Oc4cnc(C#N)c(F)c4)c3)ccc2C)cc1F. The fourth-order valence-electron chi connectivity index (χ4n) is 3.23. The van der Waals surface area contributed by atoms with Gasteiger partial charge in [-0.25, -0.2) is 18.6 Å². The first-order valence-corrected chi connectivity index (χ1v) is 11.0. The first-order chi connectivity index (χ1) is 18.2. The van der Waals surface area contributed by atoms with E-state index in [0.29, 0.717) is 22.9 Å². The number of benzene rings is 2. The number of urea groups is 1. The second kappa shape index (κ2) is 11.0. The number of nitrogens with one attached hydrogen (secondary N) is 2. The fraction of sp³-hybridized carbons (Fsp3) is 0.0741. The number of carbonyl (C=O) groups is 1. The highest BCUT2D eigenvalue weighted by Crippen LogP contribution is 2.31. The van der Waals surface area contributed by atoms with E-state index >= 15 is 0 Å². The molecule has 0 radical (unpaired) electrons. The van der Waals surface area contributed by atoms with Crippen molar-refractivity contribution in [2.75, 3.05) is 10.6 Å². The summed E-state index contributed by atoms with van der Waals surface area (Å²) in [4.78, 5) is 23.0. The van der Waals surface area contributed by atoms with Crippen LogP contribution in [-0.2, 0) is 0 Å². The third kappa shape index (κ3) is 5.98. The lowest BCUT2D eigenvalue weighted by Gasteiger charge is -2.13. The van der Waals surface area contributed by atoms with Crippen molar-refractivity contribution in [1.29, 1.82) is 5.26 Å². The van der Waals surface area contributed by atoms with Gasteiger partial charge in [0.05, 0.1) is 6.20 Å². The van der Waals surface area contributed by atoms with E-state index in [1.807, 2.05) is 0 Å². The van der Waals surface area contributed by atoms with Crippen LogP contribution < -0.4 is 20.1 Å². The quantitative estimate of drug-likeness (QED) is 0.268. The number of nitriles is 1. The fourth-order valence-corrected chi connectivity index (χ4v) is 3.23. The summed E-state index contributed by atoms with van der Waals surface area (Å²) >= 11 is 0. The second-order valence-electron chi connectivity index (χ2n) is 7.95. The highest BCUT2D eigenvalue weighted by atomic mass is 19.1. The van der Waals surface area contributed by atoms with Crippen molar-refractivity contribution in [3.8, 4) is 29.1 Å². The number of hydrogen-bond acceptors (Lipinski definition) is 6. The maximum absolute atomic E-state index is 13.9. The van der Waals surface area contributed by atoms with Gasteiger partial charge in [-0.15, -0.1) is 4.98 Å². The molecule has 2 aromatic heterocycles. The molecule has 4 rings (SSSR count). The summed E-state index contributed by atoms with van der Waals surface area (Å²) in [6, 6.07) is 13.1. The number of pyridine rings is 2. The summed E-state index contributed by atoms with van der Waals surface area (Å²) in [7, 11) is 0. The average Bonchev–Trinajstić information content (AvgIpc) is 2.88. The van der Waals surface area contributed by atoms with Gasteiger partial charge < -0.3 is 25.0 Å². The van der Waals surface area contributed by atoms with E-state index in [4.69, 9.17) is 21.3 Å². The maximum atomic E-state index is 13.9. The van der Waals surface area contributed by atoms with E-state index in [9.17, 15) is 13.6 Å². The van der Waals surface area contributed by atoms with Gasteiger partial charge in [0, 0.05) is 35.6 Å². The van der Waals surface area contributed by atoms with Crippen molar-refractivity contribution in [3.63, 3.8) is 0 Å². The minimum Gasteiger partial charge on any atom is -0.455 e. The van der Waals surface area contributed by atoms with E-state index in [1.165, 1.54) is 12.4 Å². The molecule has 2 N–H and O–H groups in total. The highest BCUT2D eigenvalue weighted by Gasteiger charge is 2.12. The van der Waals surface area contributed by atoms with Crippen LogP contribution in [0, 0.1) is 43.4 Å². The molecule has 0 unspecified atom stereocenters. The number of rotatable bonds is 6. The van der Waals surface area contributed by atoms with Crippen molar-refractivity contribution in [2.45, 2.75) is 13.8 Å². The van der Waals surface area contributed by atoms with Crippen molar-refractivity contribution >= 4 is 23.2 Å². The van der Waals surface area contributed by atoms with Gasteiger partial charge in [0.1, 0.15) is 23.3 Å². The van der Waals surface area contributed by atoms with Crippen molar-refractivity contribution in [2.24, 2.45) is 0 Å². The molecule has 11 heteroatoms. The molecular formula is C27H18F2N6O3. The summed E-state index contributed by atoms with van der Waals surface area (Å²) in [5.41, 5.74) is 1.90. The standard InChI is InChI=1S/C27H18F2N6O3/c1-15-4-6-17(8-24(15)37-19-10-21(28)23(12-30)32-13-19)34-27(36)35-18-7-5-16(2)25(9-18)38-20-11-22(29)26(31-3)33-14-20/h4-11,13-14H,1-2H3,(H2,34,35,36). The summed E-state index contributed by atoms with van der Waals surface area (Å²) in [5, 5.41) is 14.2. The molecule has 0 spiro atoms. The van der Waals surface area contributed by atoms with Gasteiger partial charge in [0.15, 0.2) is 29.3 Å². The maximum Gasteiger partial charge on any atom is 0.323 e. The Bertz CT molecular complexity index is 1510. The van der Waals surface area contributed by atoms with Gasteiger partial charge in [-0.1, -0.05) is 18.7 Å². The molecule has 0 bridgehead atoms. The first kappa shape index (κ1) is 25.5. The van der Waals surface area contributed by atoms with E-state index < -0.39 is 17.7 Å². The molecule has 0 aliphatic heterocycles. The monoisotopic (exact) mass is 512 g/mol. The minimum atomic E-state index is -0.806. The Morgan fingerprint density at radius 1 is 0.895 bits per heavy atom. The molecule has 0 fully saturated rings. The number of aromatic nitrogens is 2. The van der Waals surface area contributed by atoms with E-state index in [2.05, 4.69) is 25.4 Å². The lowest BCUT2D eigenvalue weighted by atomic mass is 10.2. The lowest BCUT2D eigenvalue weighted by Crippen LogP contribution is -2.19. The largest absolute Gasteiger partial charge is 0.455 e. The van der Waals surface area contributed by atoms with E-state index in [0.717, 1.165) is 23.3 Å². The summed E-state index contributed by atoms with van der Waals surface area (Å²) < 4.78 is 39.1. The average molecular weight is 512 g/mol. The van der Waals surface area contributed by atoms with Gasteiger partial charge in [0.25, 0.3) is 0 Å². The highest BCUT2D eigenvalue weighted by molar-refractivity contribution is 6.00. The molecule has 0 saturated heterocycles. The first-order valence-electron chi connectivity index (χ1n) is 11.0. The zero-order valence-electron chi connectivity index (χ0n) is 20.0. The zero-order chi connectivity index (χ0) is 27.2. The zero-order valence-corrected chi connectivity index (χ0v) is 20.0. The number of amides is 2. The van der Waals surface area contributed by atoms with Crippen LogP contribution >= 0.6 is 0 Å². The Morgan fingerprint density at radius 3 is 1.89 bits per heavy atom. The van der Waals surface area contributed by atoms with Crippen LogP contribution in [0.15, 0.2) is 60.9 Å². The molecule has 9 nitrogen and oxygen atoms in total. The van der Waals surface area contributed by atoms with Gasteiger partial charge in [0.2, 0.25) is 0 Å². The molecular weight excluding hydrogens is 494 g/mol. The molecule has 0 saturated carbocycles. The van der Waals surface area contributed by atoms with Crippen LogP contribution in [0.2, 0.25) is 0 Å². The second-order valence-corrected chi connectivity index (χ2v) is 7.95. The molecule has 2 heterocycles. The number of halogens is 2. The normalized spacial score (nSPS) is 10.2. The molecule has 188 valence electrons. The number of hydrogen-bond donors (Lipinski definition) is 2. The molecule has 0 aliphatic carbocycles. The molecule has 0 atom stereocenters. The number of aryl methyl sites for hydroxylation is 2. The Labute approximate surface area is 216 Å². The third-order valence-corrected chi connectivity index (χ3v) is 5.17. The summed E-state index contributed by atoms with van der Waals surface area (Å²) in [6.45, 7) is 10.4. The Balaban J connectivity index is 1.45. The molecule has 38 heavy (non-hydrogen) atoms. The smallest absolute Gasteiger partial charge is 0.323 e. The van der Waals surface area contributed by atoms with Crippen LogP contribution in [-0.4, -0.2) is 16.0 Å². The van der Waals surface area contributed by atoms with Gasteiger partial charge in [-0.05, 0) is 37.1 Å². The van der Waals surface area contributed by atoms with Crippen LogP contribution in [0.5, 0.6) is 23.0 Å². The topological polar surface area (TPSA) is 114 Å². The van der Waals surface area contributed by atoms with E-state index in [1.54, 1.807) is 56.3 Å². The van der Waals surface area contributed by atoms with Crippen LogP contribution in [0.4, 0.5) is 30.8 Å². The van der Waals surface area contributed by atoms with Gasteiger partial charge >= 0.3 is 11.8 Å². The molecule has 0 aliphatic rings. The van der Waals surface area contributed by atoms with E-state index in [-0.39, 0.29) is 23.0 Å². The lowest BCUT2D eigenvalue weighted by molar-refractivity contribution is 0.262. The predicted molar refractivity (Wildman–Crippen MR) is 135 cm³/mol. The predicted octanol–water partition coefficient (Wildman–Crippen LogP) is 7.02. The summed E-state index contributed by atoms with van der Waals surface area (Å²) in [5.74, 6) is -1.06. The van der Waals surface area contributed by atoms with Crippen LogP contribution in [0.3, 0.4) is 0 Å². The van der Waals surface area contributed by atoms with Crippen LogP contribution in [0.25, 0.3) is 4.85 Å². The molecule has 4 aromatic rings. The van der Waals surface area contributed by atoms with Gasteiger partial charge in [-0.3, -0.25) is 0 Å². The molecule has 2 aromatic carbocycles. The molecule has 2 amide bonds.